The predicted molar refractivity (Wildman–Crippen MR) is 87.0 cm³/mol. The zero-order chi connectivity index (χ0) is 14.7. The van der Waals surface area contributed by atoms with Gasteiger partial charge in [0.15, 0.2) is 0 Å². The third-order valence-corrected chi connectivity index (χ3v) is 4.43. The van der Waals surface area contributed by atoms with Crippen molar-refractivity contribution in [2.24, 2.45) is 0 Å². The molecule has 1 aromatic heterocycles. The maximum atomic E-state index is 5.88. The van der Waals surface area contributed by atoms with Crippen molar-refractivity contribution in [3.05, 3.63) is 46.0 Å². The molecule has 2 aromatic rings. The van der Waals surface area contributed by atoms with E-state index in [-0.39, 0.29) is 0 Å². The van der Waals surface area contributed by atoms with Gasteiger partial charge in [0, 0.05) is 16.8 Å². The fourth-order valence-corrected chi connectivity index (χ4v) is 3.36. The topological polar surface area (TPSA) is 64.7 Å². The maximum absolute atomic E-state index is 5.88. The highest BCUT2D eigenvalue weighted by Crippen LogP contribution is 2.30. The molecule has 1 heterocycles. The molecule has 4 nitrogen and oxygen atoms in total. The van der Waals surface area contributed by atoms with Crippen LogP contribution < -0.4 is 5.73 Å². The van der Waals surface area contributed by atoms with E-state index in [1.807, 2.05) is 12.1 Å². The molecule has 0 aliphatic heterocycles. The fourth-order valence-electron chi connectivity index (χ4n) is 2.91. The lowest BCUT2D eigenvalue weighted by Gasteiger charge is -2.20. The summed E-state index contributed by atoms with van der Waals surface area (Å²) in [5, 5.41) is 0. The van der Waals surface area contributed by atoms with Crippen LogP contribution in [0.4, 0.5) is 5.95 Å². The lowest BCUT2D eigenvalue weighted by molar-refractivity contribution is 0.427. The average molecular weight is 347 g/mol. The van der Waals surface area contributed by atoms with Crippen LogP contribution >= 0.6 is 15.9 Å². The molecule has 5 heteroatoms. The van der Waals surface area contributed by atoms with Crippen LogP contribution in [0.1, 0.15) is 55.2 Å². The van der Waals surface area contributed by atoms with E-state index in [1.54, 1.807) is 0 Å². The lowest BCUT2D eigenvalue weighted by Crippen LogP contribution is -2.13. The van der Waals surface area contributed by atoms with Gasteiger partial charge in [-0.2, -0.15) is 9.97 Å². The molecule has 0 atom stereocenters. The minimum atomic E-state index is 0.343. The Bertz CT molecular complexity index is 623. The van der Waals surface area contributed by atoms with Crippen molar-refractivity contribution in [3.8, 4) is 0 Å². The van der Waals surface area contributed by atoms with Crippen LogP contribution in [0.25, 0.3) is 0 Å². The Balaban J connectivity index is 1.83. The zero-order valence-corrected chi connectivity index (χ0v) is 13.5. The first-order valence-corrected chi connectivity index (χ1v) is 8.25. The number of halogens is 1. The molecule has 21 heavy (non-hydrogen) atoms. The summed E-state index contributed by atoms with van der Waals surface area (Å²) in [5.74, 6) is 2.44. The standard InChI is InChI=1S/C16H19BrN4/c17-13-8-4-5-11(9-13)10-14-19-15(21-16(18)20-14)12-6-2-1-3-7-12/h4-5,8-9,12H,1-3,6-7,10H2,(H2,18,19,20,21). The molecule has 0 amide bonds. The predicted octanol–water partition coefficient (Wildman–Crippen LogP) is 3.85. The highest BCUT2D eigenvalue weighted by Gasteiger charge is 2.19. The molecule has 2 N–H and O–H groups in total. The van der Waals surface area contributed by atoms with Gasteiger partial charge in [-0.25, -0.2) is 4.98 Å². The summed E-state index contributed by atoms with van der Waals surface area (Å²) >= 11 is 3.49. The minimum Gasteiger partial charge on any atom is -0.368 e. The number of benzene rings is 1. The van der Waals surface area contributed by atoms with E-state index in [2.05, 4.69) is 43.0 Å². The Labute approximate surface area is 133 Å². The van der Waals surface area contributed by atoms with E-state index in [0.29, 0.717) is 18.3 Å². The molecule has 0 saturated heterocycles. The normalized spacial score (nSPS) is 16.0. The Morgan fingerprint density at radius 2 is 1.90 bits per heavy atom. The van der Waals surface area contributed by atoms with Gasteiger partial charge in [0.05, 0.1) is 0 Å². The molecule has 110 valence electrons. The second-order valence-corrected chi connectivity index (χ2v) is 6.53. The molecule has 1 fully saturated rings. The molecule has 1 aliphatic carbocycles. The van der Waals surface area contributed by atoms with E-state index in [4.69, 9.17) is 5.73 Å². The van der Waals surface area contributed by atoms with Crippen molar-refractivity contribution in [1.82, 2.24) is 15.0 Å². The summed E-state index contributed by atoms with van der Waals surface area (Å²) in [6.45, 7) is 0. The molecule has 1 saturated carbocycles. The highest BCUT2D eigenvalue weighted by atomic mass is 79.9. The van der Waals surface area contributed by atoms with Gasteiger partial charge in [-0.3, -0.25) is 0 Å². The van der Waals surface area contributed by atoms with Crippen molar-refractivity contribution in [3.63, 3.8) is 0 Å². The summed E-state index contributed by atoms with van der Waals surface area (Å²) in [6.07, 6.45) is 6.86. The summed E-state index contributed by atoms with van der Waals surface area (Å²) in [4.78, 5) is 13.3. The van der Waals surface area contributed by atoms with Crippen molar-refractivity contribution in [2.75, 3.05) is 5.73 Å². The molecule has 0 bridgehead atoms. The van der Waals surface area contributed by atoms with Gasteiger partial charge < -0.3 is 5.73 Å². The van der Waals surface area contributed by atoms with Gasteiger partial charge in [-0.1, -0.05) is 47.3 Å². The van der Waals surface area contributed by atoms with Crippen LogP contribution in [0.2, 0.25) is 0 Å². The van der Waals surface area contributed by atoms with E-state index >= 15 is 0 Å². The summed E-state index contributed by atoms with van der Waals surface area (Å²) in [6, 6.07) is 8.19. The van der Waals surface area contributed by atoms with Gasteiger partial charge in [-0.15, -0.1) is 0 Å². The monoisotopic (exact) mass is 346 g/mol. The largest absolute Gasteiger partial charge is 0.368 e. The molecule has 1 aliphatic rings. The summed E-state index contributed by atoms with van der Waals surface area (Å²) in [7, 11) is 0. The van der Waals surface area contributed by atoms with E-state index in [1.165, 1.54) is 37.7 Å². The number of aromatic nitrogens is 3. The molecule has 0 unspecified atom stereocenters. The molecular formula is C16H19BrN4. The van der Waals surface area contributed by atoms with Crippen LogP contribution in [0.15, 0.2) is 28.7 Å². The minimum absolute atomic E-state index is 0.343. The van der Waals surface area contributed by atoms with Crippen molar-refractivity contribution < 1.29 is 0 Å². The summed E-state index contributed by atoms with van der Waals surface area (Å²) < 4.78 is 1.06. The first-order chi connectivity index (χ1) is 10.2. The van der Waals surface area contributed by atoms with Crippen LogP contribution in [0.5, 0.6) is 0 Å². The molecule has 3 rings (SSSR count). The molecule has 0 radical (unpaired) electrons. The van der Waals surface area contributed by atoms with Gasteiger partial charge in [0.25, 0.3) is 0 Å². The number of anilines is 1. The smallest absolute Gasteiger partial charge is 0.223 e. The maximum Gasteiger partial charge on any atom is 0.223 e. The fraction of sp³-hybridized carbons (Fsp3) is 0.438. The van der Waals surface area contributed by atoms with Gasteiger partial charge in [0.1, 0.15) is 11.6 Å². The van der Waals surface area contributed by atoms with Crippen LogP contribution in [0, 0.1) is 0 Å². The SMILES string of the molecule is Nc1nc(Cc2cccc(Br)c2)nc(C2CCCCC2)n1. The number of hydrogen-bond donors (Lipinski definition) is 1. The number of nitrogens with two attached hydrogens (primary N) is 1. The Hall–Kier alpha value is -1.49. The highest BCUT2D eigenvalue weighted by molar-refractivity contribution is 9.10. The first kappa shape index (κ1) is 14.4. The van der Waals surface area contributed by atoms with Gasteiger partial charge in [0.2, 0.25) is 5.95 Å². The van der Waals surface area contributed by atoms with Crippen molar-refractivity contribution in [2.45, 2.75) is 44.4 Å². The third kappa shape index (κ3) is 3.79. The third-order valence-electron chi connectivity index (χ3n) is 3.94. The molecule has 1 aromatic carbocycles. The number of nitrogens with zero attached hydrogens (tertiary/aromatic N) is 3. The molecule has 0 spiro atoms. The Kier molecular flexibility index (Phi) is 4.48. The lowest BCUT2D eigenvalue weighted by atomic mass is 9.89. The van der Waals surface area contributed by atoms with E-state index < -0.39 is 0 Å². The first-order valence-electron chi connectivity index (χ1n) is 7.45. The van der Waals surface area contributed by atoms with Crippen LogP contribution in [-0.2, 0) is 6.42 Å². The summed E-state index contributed by atoms with van der Waals surface area (Å²) in [5.41, 5.74) is 7.05. The number of rotatable bonds is 3. The van der Waals surface area contributed by atoms with Crippen LogP contribution in [0.3, 0.4) is 0 Å². The second kappa shape index (κ2) is 6.52. The zero-order valence-electron chi connectivity index (χ0n) is 11.9. The van der Waals surface area contributed by atoms with Crippen LogP contribution in [-0.4, -0.2) is 15.0 Å². The second-order valence-electron chi connectivity index (χ2n) is 5.61. The van der Waals surface area contributed by atoms with E-state index in [0.717, 1.165) is 16.1 Å². The quantitative estimate of drug-likeness (QED) is 0.916. The van der Waals surface area contributed by atoms with E-state index in [9.17, 15) is 0 Å². The number of hydrogen-bond acceptors (Lipinski definition) is 4. The van der Waals surface area contributed by atoms with Crippen molar-refractivity contribution in [1.29, 1.82) is 0 Å². The Morgan fingerprint density at radius 1 is 1.10 bits per heavy atom. The average Bonchev–Trinajstić information content (AvgIpc) is 2.47. The Morgan fingerprint density at radius 3 is 2.67 bits per heavy atom. The van der Waals surface area contributed by atoms with Gasteiger partial charge in [-0.05, 0) is 30.5 Å². The number of nitrogen functional groups attached to an aromatic ring is 1. The van der Waals surface area contributed by atoms with Gasteiger partial charge >= 0.3 is 0 Å². The van der Waals surface area contributed by atoms with Crippen molar-refractivity contribution >= 4 is 21.9 Å². The molecular weight excluding hydrogens is 328 g/mol.